The van der Waals surface area contributed by atoms with Crippen molar-refractivity contribution in [3.63, 3.8) is 0 Å². The fraction of sp³-hybridized carbons (Fsp3) is 0.263. The van der Waals surface area contributed by atoms with Crippen molar-refractivity contribution in [2.45, 2.75) is 19.5 Å². The van der Waals surface area contributed by atoms with E-state index in [0.717, 1.165) is 43.5 Å². The van der Waals surface area contributed by atoms with E-state index in [1.54, 1.807) is 12.1 Å². The minimum absolute atomic E-state index is 0.315. The molecule has 0 spiro atoms. The van der Waals surface area contributed by atoms with Crippen molar-refractivity contribution in [3.8, 4) is 0 Å². The van der Waals surface area contributed by atoms with Crippen molar-refractivity contribution in [2.75, 3.05) is 13.7 Å². The molecule has 2 aromatic rings. The van der Waals surface area contributed by atoms with Gasteiger partial charge in [-0.1, -0.05) is 24.3 Å². The number of methoxy groups -OCH3 is 1. The second-order valence-corrected chi connectivity index (χ2v) is 5.80. The molecule has 0 amide bonds. The van der Waals surface area contributed by atoms with E-state index in [9.17, 15) is 9.59 Å². The number of rotatable bonds is 4. The van der Waals surface area contributed by atoms with Crippen LogP contribution in [0.15, 0.2) is 42.5 Å². The van der Waals surface area contributed by atoms with Crippen molar-refractivity contribution in [1.82, 2.24) is 4.90 Å². The van der Waals surface area contributed by atoms with E-state index in [4.69, 9.17) is 4.74 Å². The van der Waals surface area contributed by atoms with Crippen molar-refractivity contribution in [1.29, 1.82) is 0 Å². The number of hydrogen-bond donors (Lipinski definition) is 0. The lowest BCUT2D eigenvalue weighted by Gasteiger charge is -2.29. The van der Waals surface area contributed by atoms with Crippen molar-refractivity contribution < 1.29 is 14.3 Å². The third-order valence-electron chi connectivity index (χ3n) is 4.24. The van der Waals surface area contributed by atoms with Crippen molar-refractivity contribution in [3.05, 3.63) is 70.3 Å². The molecule has 4 heteroatoms. The molecular formula is C19H19NO3. The lowest BCUT2D eigenvalue weighted by atomic mass is 9.97. The molecule has 1 aliphatic heterocycles. The summed E-state index contributed by atoms with van der Waals surface area (Å²) in [5.41, 5.74) is 5.01. The zero-order valence-electron chi connectivity index (χ0n) is 13.1. The van der Waals surface area contributed by atoms with E-state index in [0.29, 0.717) is 5.56 Å². The maximum absolute atomic E-state index is 11.5. The van der Waals surface area contributed by atoms with Crippen LogP contribution in [0.25, 0.3) is 0 Å². The van der Waals surface area contributed by atoms with Crippen LogP contribution in [-0.4, -0.2) is 30.8 Å². The van der Waals surface area contributed by atoms with Crippen molar-refractivity contribution >= 4 is 12.3 Å². The highest BCUT2D eigenvalue weighted by atomic mass is 16.5. The molecular weight excluding hydrogens is 290 g/mol. The first-order valence-electron chi connectivity index (χ1n) is 7.66. The van der Waals surface area contributed by atoms with Crippen LogP contribution in [0.1, 0.15) is 37.4 Å². The van der Waals surface area contributed by atoms with Crippen LogP contribution in [-0.2, 0) is 24.2 Å². The van der Waals surface area contributed by atoms with E-state index in [1.165, 1.54) is 18.2 Å². The summed E-state index contributed by atoms with van der Waals surface area (Å²) >= 11 is 0. The third-order valence-corrected chi connectivity index (χ3v) is 4.24. The molecule has 118 valence electrons. The standard InChI is InChI=1S/C19H19NO3/c1-23-19(22)17-6-2-14(3-7-17)11-20-9-8-16-5-4-15(13-21)10-18(16)12-20/h2-7,10,13H,8-9,11-12H2,1H3. The quantitative estimate of drug-likeness (QED) is 0.643. The Hall–Kier alpha value is -2.46. The molecule has 1 heterocycles. The van der Waals surface area contributed by atoms with Crippen LogP contribution in [0.5, 0.6) is 0 Å². The largest absolute Gasteiger partial charge is 0.465 e. The Bertz CT molecular complexity index is 722. The molecule has 0 atom stereocenters. The van der Waals surface area contributed by atoms with Gasteiger partial charge in [0.25, 0.3) is 0 Å². The molecule has 0 radical (unpaired) electrons. The summed E-state index contributed by atoms with van der Waals surface area (Å²) in [5.74, 6) is -0.315. The Morgan fingerprint density at radius 3 is 2.65 bits per heavy atom. The first kappa shape index (κ1) is 15.4. The Morgan fingerprint density at radius 1 is 1.17 bits per heavy atom. The summed E-state index contributed by atoms with van der Waals surface area (Å²) in [6, 6.07) is 13.4. The predicted molar refractivity (Wildman–Crippen MR) is 87.4 cm³/mol. The molecule has 0 aliphatic carbocycles. The summed E-state index contributed by atoms with van der Waals surface area (Å²) < 4.78 is 4.71. The molecule has 0 saturated carbocycles. The smallest absolute Gasteiger partial charge is 0.337 e. The minimum atomic E-state index is -0.315. The first-order valence-corrected chi connectivity index (χ1v) is 7.66. The number of carbonyl (C=O) groups excluding carboxylic acids is 2. The number of hydrogen-bond acceptors (Lipinski definition) is 4. The molecule has 0 saturated heterocycles. The Morgan fingerprint density at radius 2 is 1.96 bits per heavy atom. The maximum Gasteiger partial charge on any atom is 0.337 e. The zero-order valence-corrected chi connectivity index (χ0v) is 13.1. The summed E-state index contributed by atoms with van der Waals surface area (Å²) in [5, 5.41) is 0. The van der Waals surface area contributed by atoms with Gasteiger partial charge in [0, 0.05) is 25.2 Å². The monoisotopic (exact) mass is 309 g/mol. The van der Waals surface area contributed by atoms with Crippen LogP contribution >= 0.6 is 0 Å². The summed E-state index contributed by atoms with van der Waals surface area (Å²) in [7, 11) is 1.38. The van der Waals surface area contributed by atoms with Gasteiger partial charge in [-0.25, -0.2) is 4.79 Å². The number of nitrogens with zero attached hydrogens (tertiary/aromatic N) is 1. The number of carbonyl (C=O) groups is 2. The number of aldehydes is 1. The number of esters is 1. The van der Waals surface area contributed by atoms with Gasteiger partial charge in [-0.05, 0) is 41.3 Å². The zero-order chi connectivity index (χ0) is 16.2. The normalized spacial score (nSPS) is 14.1. The van der Waals surface area contributed by atoms with Crippen LogP contribution in [0.2, 0.25) is 0 Å². The molecule has 23 heavy (non-hydrogen) atoms. The van der Waals surface area contributed by atoms with Gasteiger partial charge in [-0.3, -0.25) is 9.69 Å². The van der Waals surface area contributed by atoms with E-state index < -0.39 is 0 Å². The number of benzene rings is 2. The van der Waals surface area contributed by atoms with Crippen LogP contribution in [0, 0.1) is 0 Å². The second-order valence-electron chi connectivity index (χ2n) is 5.80. The van der Waals surface area contributed by atoms with E-state index in [2.05, 4.69) is 11.0 Å². The lowest BCUT2D eigenvalue weighted by Crippen LogP contribution is -2.30. The highest BCUT2D eigenvalue weighted by molar-refractivity contribution is 5.89. The maximum atomic E-state index is 11.5. The van der Waals surface area contributed by atoms with Crippen LogP contribution in [0.4, 0.5) is 0 Å². The summed E-state index contributed by atoms with van der Waals surface area (Å²) in [6.45, 7) is 2.66. The van der Waals surface area contributed by atoms with Gasteiger partial charge in [0.05, 0.1) is 12.7 Å². The van der Waals surface area contributed by atoms with Crippen LogP contribution in [0.3, 0.4) is 0 Å². The highest BCUT2D eigenvalue weighted by Gasteiger charge is 2.17. The molecule has 0 unspecified atom stereocenters. The molecule has 0 aromatic heterocycles. The SMILES string of the molecule is COC(=O)c1ccc(CN2CCc3ccc(C=O)cc3C2)cc1. The number of ether oxygens (including phenoxy) is 1. The highest BCUT2D eigenvalue weighted by Crippen LogP contribution is 2.21. The molecule has 3 rings (SSSR count). The van der Waals surface area contributed by atoms with Gasteiger partial charge in [-0.2, -0.15) is 0 Å². The fourth-order valence-electron chi connectivity index (χ4n) is 2.97. The molecule has 0 fully saturated rings. The van der Waals surface area contributed by atoms with Gasteiger partial charge in [0.2, 0.25) is 0 Å². The third kappa shape index (κ3) is 3.48. The summed E-state index contributed by atoms with van der Waals surface area (Å²) in [4.78, 5) is 24.7. The molecule has 1 aliphatic rings. The Labute approximate surface area is 135 Å². The average Bonchev–Trinajstić information content (AvgIpc) is 2.61. The second kappa shape index (κ2) is 6.75. The minimum Gasteiger partial charge on any atom is -0.465 e. The van der Waals surface area contributed by atoms with E-state index in [1.807, 2.05) is 24.3 Å². The van der Waals surface area contributed by atoms with Gasteiger partial charge in [0.15, 0.2) is 0 Å². The average molecular weight is 309 g/mol. The predicted octanol–water partition coefficient (Wildman–Crippen LogP) is 2.84. The fourth-order valence-corrected chi connectivity index (χ4v) is 2.97. The molecule has 2 aromatic carbocycles. The number of fused-ring (bicyclic) bond motifs is 1. The topological polar surface area (TPSA) is 46.6 Å². The first-order chi connectivity index (χ1) is 11.2. The van der Waals surface area contributed by atoms with Crippen LogP contribution < -0.4 is 0 Å². The molecule has 0 bridgehead atoms. The van der Waals surface area contributed by atoms with Gasteiger partial charge in [0.1, 0.15) is 6.29 Å². The van der Waals surface area contributed by atoms with E-state index >= 15 is 0 Å². The van der Waals surface area contributed by atoms with Gasteiger partial charge >= 0.3 is 5.97 Å². The Kier molecular flexibility index (Phi) is 4.53. The van der Waals surface area contributed by atoms with Gasteiger partial charge in [-0.15, -0.1) is 0 Å². The molecule has 4 nitrogen and oxygen atoms in total. The Balaban J connectivity index is 1.69. The van der Waals surface area contributed by atoms with E-state index in [-0.39, 0.29) is 5.97 Å². The lowest BCUT2D eigenvalue weighted by molar-refractivity contribution is 0.0600. The summed E-state index contributed by atoms with van der Waals surface area (Å²) in [6.07, 6.45) is 1.89. The van der Waals surface area contributed by atoms with Gasteiger partial charge < -0.3 is 4.74 Å². The molecule has 0 N–H and O–H groups in total. The van der Waals surface area contributed by atoms with Crippen molar-refractivity contribution in [2.24, 2.45) is 0 Å².